The Bertz CT molecular complexity index is 971. The predicted molar refractivity (Wildman–Crippen MR) is 104 cm³/mol. The highest BCUT2D eigenvalue weighted by Gasteiger charge is 2.59. The number of amides is 3. The first-order valence-electron chi connectivity index (χ1n) is 8.75. The lowest BCUT2D eigenvalue weighted by Gasteiger charge is -2.18. The number of hydrogen-bond acceptors (Lipinski definition) is 4. The summed E-state index contributed by atoms with van der Waals surface area (Å²) in [5, 5.41) is 4.93. The highest BCUT2D eigenvalue weighted by atomic mass is 35.5. The van der Waals surface area contributed by atoms with Gasteiger partial charge in [0, 0.05) is 0 Å². The van der Waals surface area contributed by atoms with E-state index in [4.69, 9.17) is 11.6 Å². The van der Waals surface area contributed by atoms with Crippen LogP contribution >= 0.6 is 22.9 Å². The van der Waals surface area contributed by atoms with Gasteiger partial charge < -0.3 is 5.32 Å². The third-order valence-corrected chi connectivity index (χ3v) is 6.87. The lowest BCUT2D eigenvalue weighted by atomic mass is 9.85. The summed E-state index contributed by atoms with van der Waals surface area (Å²) in [7, 11) is 0. The number of hydrogen-bond donors (Lipinski definition) is 1. The van der Waals surface area contributed by atoms with Gasteiger partial charge in [-0.2, -0.15) is 0 Å². The molecule has 0 radical (unpaired) electrons. The first-order valence-corrected chi connectivity index (χ1v) is 10.0. The second kappa shape index (κ2) is 6.04. The molecular weight excluding hydrogens is 384 g/mol. The van der Waals surface area contributed by atoms with Gasteiger partial charge in [0.2, 0.25) is 11.8 Å². The number of allylic oxidation sites excluding steroid dienone is 2. The van der Waals surface area contributed by atoms with E-state index in [0.717, 1.165) is 6.42 Å². The number of carbonyl (C=O) groups is 3. The smallest absolute Gasteiger partial charge is 0.265 e. The Morgan fingerprint density at radius 1 is 1.11 bits per heavy atom. The molecule has 5 rings (SSSR count). The van der Waals surface area contributed by atoms with Crippen LogP contribution in [-0.4, -0.2) is 17.7 Å². The number of anilines is 2. The van der Waals surface area contributed by atoms with E-state index < -0.39 is 0 Å². The third kappa shape index (κ3) is 2.47. The van der Waals surface area contributed by atoms with Crippen molar-refractivity contribution in [2.75, 3.05) is 10.2 Å². The van der Waals surface area contributed by atoms with E-state index in [-0.39, 0.29) is 41.4 Å². The van der Waals surface area contributed by atoms with Crippen LogP contribution < -0.4 is 10.2 Å². The van der Waals surface area contributed by atoms with Crippen LogP contribution in [0.1, 0.15) is 16.1 Å². The largest absolute Gasteiger partial charge is 0.320 e. The van der Waals surface area contributed by atoms with Crippen LogP contribution in [0.15, 0.2) is 47.9 Å². The molecule has 4 atom stereocenters. The molecule has 2 heterocycles. The SMILES string of the molecule is O=C(Nc1cc(N2C(=O)[C@@H]3[C@@H](C2=O)[C@H]2C=C[C@@H]3C2)ccc1Cl)c1cccs1. The highest BCUT2D eigenvalue weighted by molar-refractivity contribution is 7.12. The van der Waals surface area contributed by atoms with Gasteiger partial charge in [-0.3, -0.25) is 14.4 Å². The molecule has 2 bridgehead atoms. The number of thiophene rings is 1. The first-order chi connectivity index (χ1) is 13.0. The average Bonchev–Trinajstić information content (AvgIpc) is 3.42. The van der Waals surface area contributed by atoms with E-state index in [0.29, 0.717) is 21.3 Å². The van der Waals surface area contributed by atoms with Crippen LogP contribution in [0.2, 0.25) is 5.02 Å². The zero-order valence-electron chi connectivity index (χ0n) is 14.1. The van der Waals surface area contributed by atoms with Crippen molar-refractivity contribution in [3.8, 4) is 0 Å². The average molecular weight is 399 g/mol. The van der Waals surface area contributed by atoms with Crippen LogP contribution in [0, 0.1) is 23.7 Å². The fourth-order valence-electron chi connectivity index (χ4n) is 4.50. The van der Waals surface area contributed by atoms with Gasteiger partial charge in [0.1, 0.15) is 0 Å². The molecule has 1 saturated carbocycles. The summed E-state index contributed by atoms with van der Waals surface area (Å²) in [5.41, 5.74) is 0.830. The van der Waals surface area contributed by atoms with E-state index in [9.17, 15) is 14.4 Å². The fourth-order valence-corrected chi connectivity index (χ4v) is 5.28. The van der Waals surface area contributed by atoms with E-state index in [1.165, 1.54) is 16.2 Å². The first kappa shape index (κ1) is 16.7. The second-order valence-electron chi connectivity index (χ2n) is 7.11. The molecule has 136 valence electrons. The van der Waals surface area contributed by atoms with Gasteiger partial charge in [-0.15, -0.1) is 11.3 Å². The maximum atomic E-state index is 12.9. The molecule has 1 N–H and O–H groups in total. The van der Waals surface area contributed by atoms with Crippen molar-refractivity contribution in [3.05, 3.63) is 57.8 Å². The quantitative estimate of drug-likeness (QED) is 0.628. The van der Waals surface area contributed by atoms with Gasteiger partial charge in [-0.05, 0) is 47.9 Å². The van der Waals surface area contributed by atoms with Crippen LogP contribution in [0.4, 0.5) is 11.4 Å². The Balaban J connectivity index is 1.45. The molecule has 2 aliphatic carbocycles. The van der Waals surface area contributed by atoms with Crippen LogP contribution in [0.5, 0.6) is 0 Å². The van der Waals surface area contributed by atoms with E-state index in [2.05, 4.69) is 17.5 Å². The lowest BCUT2D eigenvalue weighted by molar-refractivity contribution is -0.123. The van der Waals surface area contributed by atoms with Crippen molar-refractivity contribution in [2.24, 2.45) is 23.7 Å². The normalized spacial score (nSPS) is 28.1. The Hall–Kier alpha value is -2.44. The molecule has 7 heteroatoms. The van der Waals surface area contributed by atoms with E-state index in [1.807, 2.05) is 5.38 Å². The van der Waals surface area contributed by atoms with Gasteiger partial charge >= 0.3 is 0 Å². The second-order valence-corrected chi connectivity index (χ2v) is 8.46. The van der Waals surface area contributed by atoms with Gasteiger partial charge in [-0.25, -0.2) is 4.90 Å². The standard InChI is InChI=1S/C20H15ClN2O3S/c21-13-6-5-12(9-14(13)22-18(24)15-2-1-7-27-15)23-19(25)16-10-3-4-11(8-10)17(16)20(23)26/h1-7,9-11,16-17H,8H2,(H,22,24)/t10-,11+,16-,17-/m0/s1. The molecule has 1 saturated heterocycles. The monoisotopic (exact) mass is 398 g/mol. The van der Waals surface area contributed by atoms with Crippen molar-refractivity contribution in [1.82, 2.24) is 0 Å². The van der Waals surface area contributed by atoms with Crippen molar-refractivity contribution in [2.45, 2.75) is 6.42 Å². The van der Waals surface area contributed by atoms with Crippen molar-refractivity contribution >= 4 is 52.0 Å². The number of imide groups is 1. The predicted octanol–water partition coefficient (Wildman–Crippen LogP) is 3.97. The number of carbonyl (C=O) groups excluding carboxylic acids is 3. The number of nitrogens with one attached hydrogen (secondary N) is 1. The summed E-state index contributed by atoms with van der Waals surface area (Å²) in [4.78, 5) is 40.0. The summed E-state index contributed by atoms with van der Waals surface area (Å²) >= 11 is 7.55. The Morgan fingerprint density at radius 2 is 1.81 bits per heavy atom. The van der Waals surface area contributed by atoms with Crippen molar-refractivity contribution < 1.29 is 14.4 Å². The van der Waals surface area contributed by atoms with Crippen LogP contribution in [0.25, 0.3) is 0 Å². The number of rotatable bonds is 3. The van der Waals surface area contributed by atoms with Gasteiger partial charge in [0.25, 0.3) is 5.91 Å². The topological polar surface area (TPSA) is 66.5 Å². The molecule has 2 fully saturated rings. The lowest BCUT2D eigenvalue weighted by Crippen LogP contribution is -2.32. The summed E-state index contributed by atoms with van der Waals surface area (Å²) in [6.45, 7) is 0. The molecule has 5 nitrogen and oxygen atoms in total. The Kier molecular flexibility index (Phi) is 3.74. The van der Waals surface area contributed by atoms with Crippen molar-refractivity contribution in [1.29, 1.82) is 0 Å². The molecule has 1 aliphatic heterocycles. The Morgan fingerprint density at radius 3 is 2.44 bits per heavy atom. The summed E-state index contributed by atoms with van der Waals surface area (Å²) in [6.07, 6.45) is 5.02. The summed E-state index contributed by atoms with van der Waals surface area (Å²) in [6, 6.07) is 8.35. The highest BCUT2D eigenvalue weighted by Crippen LogP contribution is 2.53. The number of halogens is 1. The third-order valence-electron chi connectivity index (χ3n) is 5.67. The molecule has 27 heavy (non-hydrogen) atoms. The zero-order valence-corrected chi connectivity index (χ0v) is 15.7. The van der Waals surface area contributed by atoms with Crippen molar-refractivity contribution in [3.63, 3.8) is 0 Å². The molecular formula is C20H15ClN2O3S. The van der Waals surface area contributed by atoms with Gasteiger partial charge in [0.15, 0.2) is 0 Å². The van der Waals surface area contributed by atoms with Gasteiger partial charge in [0.05, 0.1) is 33.1 Å². The molecule has 0 spiro atoms. The minimum atomic E-state index is -0.276. The number of fused-ring (bicyclic) bond motifs is 5. The molecule has 0 unspecified atom stereocenters. The molecule has 1 aromatic heterocycles. The van der Waals surface area contributed by atoms with Gasteiger partial charge in [-0.1, -0.05) is 29.8 Å². The maximum Gasteiger partial charge on any atom is 0.265 e. The minimum Gasteiger partial charge on any atom is -0.320 e. The van der Waals surface area contributed by atoms with E-state index in [1.54, 1.807) is 30.3 Å². The maximum absolute atomic E-state index is 12.9. The molecule has 3 amide bonds. The summed E-state index contributed by atoms with van der Waals surface area (Å²) in [5.74, 6) is -0.778. The van der Waals surface area contributed by atoms with Crippen LogP contribution in [0.3, 0.4) is 0 Å². The summed E-state index contributed by atoms with van der Waals surface area (Å²) < 4.78 is 0. The minimum absolute atomic E-state index is 0.153. The Labute approximate surface area is 164 Å². The molecule has 1 aromatic carbocycles. The zero-order chi connectivity index (χ0) is 18.7. The number of nitrogens with zero attached hydrogens (tertiary/aromatic N) is 1. The van der Waals surface area contributed by atoms with E-state index >= 15 is 0 Å². The molecule has 3 aliphatic rings. The fraction of sp³-hybridized carbons (Fsp3) is 0.250. The van der Waals surface area contributed by atoms with Crippen LogP contribution in [-0.2, 0) is 9.59 Å². The molecule has 2 aromatic rings. The number of benzene rings is 1.